The Morgan fingerprint density at radius 2 is 1.97 bits per heavy atom. The lowest BCUT2D eigenvalue weighted by atomic mass is 9.98. The number of aliphatic imine (C=N–C) groups is 1. The lowest BCUT2D eigenvalue weighted by Crippen LogP contribution is -2.47. The Morgan fingerprint density at radius 3 is 2.48 bits per heavy atom. The molecule has 1 fully saturated rings. The van der Waals surface area contributed by atoms with Crippen LogP contribution in [0.3, 0.4) is 0 Å². The number of nitrogens with zero attached hydrogens (tertiary/aromatic N) is 4. The van der Waals surface area contributed by atoms with Crippen LogP contribution in [-0.2, 0) is 16.4 Å². The fourth-order valence-corrected chi connectivity index (χ4v) is 3.83. The summed E-state index contributed by atoms with van der Waals surface area (Å²) in [6.07, 6.45) is 2.11. The third-order valence-electron chi connectivity index (χ3n) is 4.42. The van der Waals surface area contributed by atoms with Crippen LogP contribution in [0.2, 0.25) is 0 Å². The molecule has 0 saturated carbocycles. The van der Waals surface area contributed by atoms with Crippen molar-refractivity contribution in [1.29, 1.82) is 0 Å². The van der Waals surface area contributed by atoms with Gasteiger partial charge in [-0.15, -0.1) is 24.0 Å². The molecule has 2 rings (SSSR count). The first-order valence-corrected chi connectivity index (χ1v) is 10.4. The van der Waals surface area contributed by atoms with Gasteiger partial charge in [0.1, 0.15) is 0 Å². The van der Waals surface area contributed by atoms with Crippen molar-refractivity contribution in [3.05, 3.63) is 11.7 Å². The van der Waals surface area contributed by atoms with Gasteiger partial charge in [-0.05, 0) is 32.1 Å². The van der Waals surface area contributed by atoms with Crippen molar-refractivity contribution >= 4 is 40.0 Å². The third kappa shape index (κ3) is 7.55. The van der Waals surface area contributed by atoms with Crippen LogP contribution in [0.1, 0.15) is 31.0 Å². The van der Waals surface area contributed by atoms with E-state index in [0.29, 0.717) is 54.3 Å². The summed E-state index contributed by atoms with van der Waals surface area (Å²) in [4.78, 5) is 8.21. The third-order valence-corrected chi connectivity index (χ3v) is 6.05. The smallest absolute Gasteiger partial charge is 0.356 e. The van der Waals surface area contributed by atoms with Crippen molar-refractivity contribution in [2.45, 2.75) is 38.1 Å². The van der Waals surface area contributed by atoms with Gasteiger partial charge in [0.05, 0.1) is 0 Å². The average Bonchev–Trinajstić information content (AvgIpc) is 3.05. The van der Waals surface area contributed by atoms with Gasteiger partial charge in [-0.2, -0.15) is 22.5 Å². The second-order valence-electron chi connectivity index (χ2n) is 6.51. The van der Waals surface area contributed by atoms with Crippen LogP contribution in [0.4, 0.5) is 13.2 Å². The molecule has 2 heterocycles. The second-order valence-corrected chi connectivity index (χ2v) is 8.44. The largest absolute Gasteiger partial charge is 0.511 e. The highest BCUT2D eigenvalue weighted by molar-refractivity contribution is 14.0. The Kier molecular flexibility index (Phi) is 10.1. The summed E-state index contributed by atoms with van der Waals surface area (Å²) < 4.78 is 66.1. The molecule has 168 valence electrons. The molecule has 29 heavy (non-hydrogen) atoms. The summed E-state index contributed by atoms with van der Waals surface area (Å²) in [5.74, 6) is 1.81. The molecule has 1 aliphatic heterocycles. The summed E-state index contributed by atoms with van der Waals surface area (Å²) in [5.41, 5.74) is -5.25. The molecule has 0 amide bonds. The van der Waals surface area contributed by atoms with Gasteiger partial charge in [-0.3, -0.25) is 4.99 Å². The van der Waals surface area contributed by atoms with Crippen LogP contribution < -0.4 is 10.6 Å². The molecule has 0 radical (unpaired) electrons. The van der Waals surface area contributed by atoms with Crippen molar-refractivity contribution in [2.75, 3.05) is 33.2 Å². The molecule has 0 bridgehead atoms. The number of sulfonamides is 1. The number of rotatable bonds is 7. The van der Waals surface area contributed by atoms with Crippen LogP contribution in [0.5, 0.6) is 0 Å². The van der Waals surface area contributed by atoms with Gasteiger partial charge in [0.25, 0.3) is 0 Å². The van der Waals surface area contributed by atoms with E-state index in [-0.39, 0.29) is 43.0 Å². The fraction of sp³-hybridized carbons (Fsp3) is 0.800. The summed E-state index contributed by atoms with van der Waals surface area (Å²) in [6.45, 7) is 2.61. The first-order chi connectivity index (χ1) is 13.1. The first-order valence-electron chi connectivity index (χ1n) is 8.93. The van der Waals surface area contributed by atoms with Crippen molar-refractivity contribution < 1.29 is 26.1 Å². The Labute approximate surface area is 185 Å². The quantitative estimate of drug-likeness (QED) is 0.228. The lowest BCUT2D eigenvalue weighted by Gasteiger charge is -2.31. The fourth-order valence-electron chi connectivity index (χ4n) is 2.85. The first kappa shape index (κ1) is 25.9. The van der Waals surface area contributed by atoms with Gasteiger partial charge >= 0.3 is 15.5 Å². The Balaban J connectivity index is 0.00000420. The number of hydrogen-bond acceptors (Lipinski definition) is 6. The molecule has 1 aromatic rings. The number of nitrogens with one attached hydrogen (secondary N) is 2. The molecule has 1 aliphatic rings. The molecule has 0 spiro atoms. The molecular formula is C15H26F3IN6O3S. The van der Waals surface area contributed by atoms with Crippen LogP contribution in [0, 0.1) is 12.8 Å². The monoisotopic (exact) mass is 554 g/mol. The SMILES string of the molecule is CN=C(NCCCc1nc(C)no1)NCC1CCN(S(=O)(=O)C(F)(F)F)CC1.I. The van der Waals surface area contributed by atoms with Crippen LogP contribution >= 0.6 is 24.0 Å². The minimum absolute atomic E-state index is 0. The number of guanidine groups is 1. The van der Waals surface area contributed by atoms with Gasteiger partial charge in [0.15, 0.2) is 11.8 Å². The van der Waals surface area contributed by atoms with E-state index in [1.807, 2.05) is 0 Å². The van der Waals surface area contributed by atoms with Crippen molar-refractivity contribution in [3.63, 3.8) is 0 Å². The minimum atomic E-state index is -5.25. The highest BCUT2D eigenvalue weighted by Gasteiger charge is 2.50. The predicted octanol–water partition coefficient (Wildman–Crippen LogP) is 1.66. The van der Waals surface area contributed by atoms with E-state index in [1.165, 1.54) is 0 Å². The highest BCUT2D eigenvalue weighted by atomic mass is 127. The van der Waals surface area contributed by atoms with E-state index in [4.69, 9.17) is 4.52 Å². The molecule has 0 aromatic carbocycles. The van der Waals surface area contributed by atoms with Gasteiger partial charge < -0.3 is 15.2 Å². The van der Waals surface area contributed by atoms with Gasteiger partial charge in [-0.25, -0.2) is 8.42 Å². The number of piperidine rings is 1. The molecule has 9 nitrogen and oxygen atoms in total. The minimum Gasteiger partial charge on any atom is -0.356 e. The van der Waals surface area contributed by atoms with Crippen molar-refractivity contribution in [3.8, 4) is 0 Å². The zero-order valence-electron chi connectivity index (χ0n) is 16.2. The van der Waals surface area contributed by atoms with Crippen LogP contribution in [-0.4, -0.2) is 67.6 Å². The van der Waals surface area contributed by atoms with E-state index in [2.05, 4.69) is 25.8 Å². The van der Waals surface area contributed by atoms with E-state index < -0.39 is 15.5 Å². The van der Waals surface area contributed by atoms with E-state index in [0.717, 1.165) is 6.42 Å². The molecule has 1 aromatic heterocycles. The zero-order chi connectivity index (χ0) is 20.8. The summed E-state index contributed by atoms with van der Waals surface area (Å²) in [6, 6.07) is 0. The van der Waals surface area contributed by atoms with Crippen molar-refractivity contribution in [2.24, 2.45) is 10.9 Å². The molecule has 14 heteroatoms. The van der Waals surface area contributed by atoms with Gasteiger partial charge in [0, 0.05) is 39.6 Å². The normalized spacial score (nSPS) is 17.1. The summed E-state index contributed by atoms with van der Waals surface area (Å²) in [5, 5.41) is 9.97. The van der Waals surface area contributed by atoms with E-state index >= 15 is 0 Å². The Morgan fingerprint density at radius 1 is 1.31 bits per heavy atom. The van der Waals surface area contributed by atoms with E-state index in [1.54, 1.807) is 14.0 Å². The van der Waals surface area contributed by atoms with Crippen molar-refractivity contribution in [1.82, 2.24) is 25.1 Å². The summed E-state index contributed by atoms with van der Waals surface area (Å²) in [7, 11) is -3.62. The van der Waals surface area contributed by atoms with Crippen LogP contribution in [0.15, 0.2) is 9.52 Å². The zero-order valence-corrected chi connectivity index (χ0v) is 19.3. The number of halogens is 4. The van der Waals surface area contributed by atoms with Gasteiger partial charge in [0.2, 0.25) is 5.89 Å². The maximum atomic E-state index is 12.6. The van der Waals surface area contributed by atoms with E-state index in [9.17, 15) is 21.6 Å². The topological polar surface area (TPSA) is 113 Å². The molecule has 1 saturated heterocycles. The lowest BCUT2D eigenvalue weighted by molar-refractivity contribution is -0.0496. The Hall–Kier alpha value is -1.16. The number of alkyl halides is 3. The Bertz CT molecular complexity index is 764. The average molecular weight is 554 g/mol. The maximum absolute atomic E-state index is 12.6. The number of aryl methyl sites for hydroxylation is 2. The molecule has 0 unspecified atom stereocenters. The number of aromatic nitrogens is 2. The highest BCUT2D eigenvalue weighted by Crippen LogP contribution is 2.30. The van der Waals surface area contributed by atoms with Gasteiger partial charge in [-0.1, -0.05) is 5.16 Å². The molecular weight excluding hydrogens is 528 g/mol. The standard InChI is InChI=1S/C15H25F3N6O3S.HI/c1-11-22-13(27-23-11)4-3-7-20-14(19-2)21-10-12-5-8-24(9-6-12)28(25,26)15(16,17)18;/h12H,3-10H2,1-2H3,(H2,19,20,21);1H. The predicted molar refractivity (Wildman–Crippen MR) is 111 cm³/mol. The van der Waals surface area contributed by atoms with Crippen LogP contribution in [0.25, 0.3) is 0 Å². The molecule has 2 N–H and O–H groups in total. The summed E-state index contributed by atoms with van der Waals surface area (Å²) >= 11 is 0. The maximum Gasteiger partial charge on any atom is 0.511 e. The molecule has 0 aliphatic carbocycles. The second kappa shape index (κ2) is 11.3. The number of hydrogen-bond donors (Lipinski definition) is 2. The molecule has 0 atom stereocenters.